The molecule has 0 amide bonds. The summed E-state index contributed by atoms with van der Waals surface area (Å²) in [7, 11) is 1.90. The summed E-state index contributed by atoms with van der Waals surface area (Å²) >= 11 is 0. The van der Waals surface area contributed by atoms with Crippen LogP contribution >= 0.6 is 0 Å². The molecule has 0 bridgehead atoms. The SMILES string of the molecule is CN(Cc1cccc(F)c1)c1cccc(C(N)=NO)c1. The largest absolute Gasteiger partial charge is 0.409 e. The highest BCUT2D eigenvalue weighted by Gasteiger charge is 2.06. The van der Waals surface area contributed by atoms with E-state index in [-0.39, 0.29) is 11.7 Å². The summed E-state index contributed by atoms with van der Waals surface area (Å²) in [4.78, 5) is 1.96. The molecule has 0 atom stereocenters. The highest BCUT2D eigenvalue weighted by atomic mass is 19.1. The number of hydrogen-bond acceptors (Lipinski definition) is 3. The summed E-state index contributed by atoms with van der Waals surface area (Å²) in [5, 5.41) is 11.7. The van der Waals surface area contributed by atoms with E-state index in [9.17, 15) is 4.39 Å². The van der Waals surface area contributed by atoms with Gasteiger partial charge in [-0.15, -0.1) is 0 Å². The number of hydrogen-bond donors (Lipinski definition) is 2. The molecule has 0 unspecified atom stereocenters. The molecule has 0 aliphatic rings. The fraction of sp³-hybridized carbons (Fsp3) is 0.133. The van der Waals surface area contributed by atoms with Gasteiger partial charge in [-0.3, -0.25) is 0 Å². The molecule has 0 fully saturated rings. The number of rotatable bonds is 4. The number of amidine groups is 1. The zero-order valence-corrected chi connectivity index (χ0v) is 11.1. The number of oxime groups is 1. The van der Waals surface area contributed by atoms with Crippen LogP contribution in [0.2, 0.25) is 0 Å². The first-order valence-corrected chi connectivity index (χ1v) is 6.13. The topological polar surface area (TPSA) is 61.8 Å². The van der Waals surface area contributed by atoms with Gasteiger partial charge in [0, 0.05) is 24.8 Å². The molecule has 0 radical (unpaired) electrons. The van der Waals surface area contributed by atoms with Crippen LogP contribution in [0.5, 0.6) is 0 Å². The summed E-state index contributed by atoms with van der Waals surface area (Å²) in [6.45, 7) is 0.567. The van der Waals surface area contributed by atoms with E-state index in [4.69, 9.17) is 10.9 Å². The van der Waals surface area contributed by atoms with Crippen LogP contribution in [0.25, 0.3) is 0 Å². The standard InChI is InChI=1S/C15H16FN3O/c1-19(10-11-4-2-6-13(16)8-11)14-7-3-5-12(9-14)15(17)18-20/h2-9,20H,10H2,1H3,(H2,17,18). The lowest BCUT2D eigenvalue weighted by Crippen LogP contribution is -2.18. The molecule has 0 aliphatic heterocycles. The van der Waals surface area contributed by atoms with Gasteiger partial charge in [-0.25, -0.2) is 4.39 Å². The second kappa shape index (κ2) is 6.06. The molecule has 104 valence electrons. The van der Waals surface area contributed by atoms with Crippen molar-refractivity contribution in [2.24, 2.45) is 10.9 Å². The van der Waals surface area contributed by atoms with Crippen molar-refractivity contribution in [3.8, 4) is 0 Å². The van der Waals surface area contributed by atoms with E-state index in [0.717, 1.165) is 11.3 Å². The Hall–Kier alpha value is -2.56. The first-order valence-electron chi connectivity index (χ1n) is 6.13. The Labute approximate surface area is 116 Å². The van der Waals surface area contributed by atoms with Crippen LogP contribution in [0.1, 0.15) is 11.1 Å². The van der Waals surface area contributed by atoms with E-state index in [1.165, 1.54) is 12.1 Å². The minimum absolute atomic E-state index is 0.0611. The van der Waals surface area contributed by atoms with Crippen LogP contribution in [0.15, 0.2) is 53.7 Å². The normalized spacial score (nSPS) is 11.4. The van der Waals surface area contributed by atoms with Crippen molar-refractivity contribution in [2.75, 3.05) is 11.9 Å². The lowest BCUT2D eigenvalue weighted by molar-refractivity contribution is 0.318. The Morgan fingerprint density at radius 2 is 2.00 bits per heavy atom. The van der Waals surface area contributed by atoms with E-state index < -0.39 is 0 Å². The number of halogens is 1. The monoisotopic (exact) mass is 273 g/mol. The Balaban J connectivity index is 2.19. The predicted molar refractivity (Wildman–Crippen MR) is 77.5 cm³/mol. The minimum Gasteiger partial charge on any atom is -0.409 e. The summed E-state index contributed by atoms with van der Waals surface area (Å²) < 4.78 is 13.2. The molecule has 2 aromatic carbocycles. The molecule has 0 spiro atoms. The van der Waals surface area contributed by atoms with Crippen LogP contribution in [0.3, 0.4) is 0 Å². The molecule has 0 heterocycles. The van der Waals surface area contributed by atoms with Gasteiger partial charge in [-0.1, -0.05) is 29.4 Å². The molecule has 4 nitrogen and oxygen atoms in total. The van der Waals surface area contributed by atoms with Crippen molar-refractivity contribution in [2.45, 2.75) is 6.54 Å². The molecule has 20 heavy (non-hydrogen) atoms. The number of nitrogens with two attached hydrogens (primary N) is 1. The third kappa shape index (κ3) is 3.26. The molecule has 2 rings (SSSR count). The second-order valence-electron chi connectivity index (χ2n) is 4.52. The highest BCUT2D eigenvalue weighted by Crippen LogP contribution is 2.17. The Kier molecular flexibility index (Phi) is 4.20. The average Bonchev–Trinajstić information content (AvgIpc) is 2.46. The predicted octanol–water partition coefficient (Wildman–Crippen LogP) is 2.56. The second-order valence-corrected chi connectivity index (χ2v) is 4.52. The molecule has 0 saturated carbocycles. The van der Waals surface area contributed by atoms with Crippen molar-refractivity contribution in [1.29, 1.82) is 0 Å². The van der Waals surface area contributed by atoms with Crippen molar-refractivity contribution >= 4 is 11.5 Å². The molecule has 0 aliphatic carbocycles. The van der Waals surface area contributed by atoms with Gasteiger partial charge < -0.3 is 15.8 Å². The number of nitrogens with zero attached hydrogens (tertiary/aromatic N) is 2. The van der Waals surface area contributed by atoms with Crippen LogP contribution < -0.4 is 10.6 Å². The fourth-order valence-corrected chi connectivity index (χ4v) is 1.96. The molecular weight excluding hydrogens is 257 g/mol. The zero-order chi connectivity index (χ0) is 14.5. The smallest absolute Gasteiger partial charge is 0.170 e. The number of anilines is 1. The molecule has 3 N–H and O–H groups in total. The molecular formula is C15H16FN3O. The van der Waals surface area contributed by atoms with Crippen LogP contribution in [-0.2, 0) is 6.54 Å². The van der Waals surface area contributed by atoms with Crippen LogP contribution in [0.4, 0.5) is 10.1 Å². The van der Waals surface area contributed by atoms with E-state index in [2.05, 4.69) is 5.16 Å². The summed E-state index contributed by atoms with van der Waals surface area (Å²) in [5.74, 6) is -0.188. The fourth-order valence-electron chi connectivity index (χ4n) is 1.96. The summed E-state index contributed by atoms with van der Waals surface area (Å²) in [5.41, 5.74) is 7.98. The summed E-state index contributed by atoms with van der Waals surface area (Å²) in [6.07, 6.45) is 0. The Morgan fingerprint density at radius 3 is 2.70 bits per heavy atom. The first kappa shape index (κ1) is 13.9. The van der Waals surface area contributed by atoms with Gasteiger partial charge in [0.1, 0.15) is 5.82 Å². The Bertz CT molecular complexity index is 628. The van der Waals surface area contributed by atoms with Crippen molar-refractivity contribution in [3.63, 3.8) is 0 Å². The molecule has 0 saturated heterocycles. The number of benzene rings is 2. The van der Waals surface area contributed by atoms with Crippen LogP contribution in [0, 0.1) is 5.82 Å². The van der Waals surface area contributed by atoms with Gasteiger partial charge in [0.05, 0.1) is 0 Å². The maximum absolute atomic E-state index is 13.2. The van der Waals surface area contributed by atoms with Gasteiger partial charge in [0.25, 0.3) is 0 Å². The van der Waals surface area contributed by atoms with E-state index in [0.29, 0.717) is 12.1 Å². The zero-order valence-electron chi connectivity index (χ0n) is 11.1. The third-order valence-corrected chi connectivity index (χ3v) is 3.00. The lowest BCUT2D eigenvalue weighted by atomic mass is 10.1. The van der Waals surface area contributed by atoms with E-state index >= 15 is 0 Å². The van der Waals surface area contributed by atoms with Crippen LogP contribution in [-0.4, -0.2) is 18.1 Å². The molecule has 0 aromatic heterocycles. The Morgan fingerprint density at radius 1 is 1.25 bits per heavy atom. The van der Waals surface area contributed by atoms with Gasteiger partial charge in [0.15, 0.2) is 5.84 Å². The van der Waals surface area contributed by atoms with Gasteiger partial charge in [0.2, 0.25) is 0 Å². The van der Waals surface area contributed by atoms with Crippen molar-refractivity contribution in [1.82, 2.24) is 0 Å². The molecule has 5 heteroatoms. The highest BCUT2D eigenvalue weighted by molar-refractivity contribution is 5.97. The minimum atomic E-state index is -0.249. The van der Waals surface area contributed by atoms with E-state index in [1.807, 2.05) is 36.2 Å². The first-order chi connectivity index (χ1) is 9.60. The summed E-state index contributed by atoms with van der Waals surface area (Å²) in [6, 6.07) is 13.8. The molecule has 2 aromatic rings. The maximum atomic E-state index is 13.2. The van der Waals surface area contributed by atoms with Crippen molar-refractivity contribution in [3.05, 3.63) is 65.5 Å². The van der Waals surface area contributed by atoms with Gasteiger partial charge >= 0.3 is 0 Å². The van der Waals surface area contributed by atoms with Gasteiger partial charge in [-0.2, -0.15) is 0 Å². The maximum Gasteiger partial charge on any atom is 0.170 e. The quantitative estimate of drug-likeness (QED) is 0.389. The van der Waals surface area contributed by atoms with Gasteiger partial charge in [-0.05, 0) is 29.8 Å². The van der Waals surface area contributed by atoms with Crippen molar-refractivity contribution < 1.29 is 9.60 Å². The average molecular weight is 273 g/mol. The van der Waals surface area contributed by atoms with E-state index in [1.54, 1.807) is 12.1 Å². The third-order valence-electron chi connectivity index (χ3n) is 3.00. The lowest BCUT2D eigenvalue weighted by Gasteiger charge is -2.20.